The first-order valence-corrected chi connectivity index (χ1v) is 9.60. The maximum absolute atomic E-state index is 12.4. The molecule has 2 atom stereocenters. The fourth-order valence-corrected chi connectivity index (χ4v) is 4.90. The van der Waals surface area contributed by atoms with Crippen LogP contribution in [0.1, 0.15) is 39.0 Å². The van der Waals surface area contributed by atoms with E-state index >= 15 is 0 Å². The third-order valence-corrected chi connectivity index (χ3v) is 5.90. The van der Waals surface area contributed by atoms with Crippen molar-refractivity contribution >= 4 is 45.0 Å². The van der Waals surface area contributed by atoms with Crippen molar-refractivity contribution in [3.8, 4) is 5.75 Å². The van der Waals surface area contributed by atoms with Gasteiger partial charge >= 0.3 is 0 Å². The molecule has 2 N–H and O–H groups in total. The first kappa shape index (κ1) is 18.4. The Morgan fingerprint density at radius 1 is 1.36 bits per heavy atom. The van der Waals surface area contributed by atoms with E-state index in [4.69, 9.17) is 4.74 Å². The Labute approximate surface area is 158 Å². The number of carbonyl (C=O) groups excluding carboxylic acids is 1. The van der Waals surface area contributed by atoms with Crippen LogP contribution in [0.5, 0.6) is 5.75 Å². The second-order valence-corrected chi connectivity index (χ2v) is 7.84. The van der Waals surface area contributed by atoms with Crippen molar-refractivity contribution in [1.82, 2.24) is 10.3 Å². The Hall–Kier alpha value is -1.37. The normalized spacial score (nSPS) is 24.8. The number of ether oxygens (including phenoxy) is 1. The Morgan fingerprint density at radius 3 is 2.84 bits per heavy atom. The summed E-state index contributed by atoms with van der Waals surface area (Å²) >= 11 is 1.51. The lowest BCUT2D eigenvalue weighted by molar-refractivity contribution is -0.117. The van der Waals surface area contributed by atoms with E-state index in [1.165, 1.54) is 24.2 Å². The largest absolute Gasteiger partial charge is 0.494 e. The van der Waals surface area contributed by atoms with Crippen LogP contribution < -0.4 is 15.4 Å². The molecule has 5 nitrogen and oxygen atoms in total. The standard InChI is InChI=1S/C18H23N3O2S.ClH/c1-2-23-14-5-6-15-16(10-14)24-18(20-15)21-17(22)9-11-7-12-3-4-13(8-11)19-12;/h5-6,10-13,19H,2-4,7-9H2,1H3,(H,20,21,22);1H. The van der Waals surface area contributed by atoms with Gasteiger partial charge < -0.3 is 15.4 Å². The summed E-state index contributed by atoms with van der Waals surface area (Å²) < 4.78 is 6.55. The van der Waals surface area contributed by atoms with Crippen molar-refractivity contribution in [3.05, 3.63) is 18.2 Å². The van der Waals surface area contributed by atoms with Gasteiger partial charge in [-0.15, -0.1) is 12.4 Å². The van der Waals surface area contributed by atoms with Crippen LogP contribution in [0, 0.1) is 5.92 Å². The van der Waals surface area contributed by atoms with Gasteiger partial charge in [-0.3, -0.25) is 4.79 Å². The molecule has 0 saturated carbocycles. The molecule has 2 aliphatic rings. The second kappa shape index (κ2) is 7.89. The maximum atomic E-state index is 12.4. The first-order valence-electron chi connectivity index (χ1n) is 8.79. The Morgan fingerprint density at radius 2 is 2.12 bits per heavy atom. The van der Waals surface area contributed by atoms with Gasteiger partial charge in [-0.05, 0) is 56.7 Å². The lowest BCUT2D eigenvalue weighted by Gasteiger charge is -2.28. The molecule has 7 heteroatoms. The highest BCUT2D eigenvalue weighted by Crippen LogP contribution is 2.33. The van der Waals surface area contributed by atoms with E-state index in [1.54, 1.807) is 0 Å². The van der Waals surface area contributed by atoms with Gasteiger partial charge in [0.15, 0.2) is 5.13 Å². The van der Waals surface area contributed by atoms with Gasteiger partial charge in [-0.25, -0.2) is 4.98 Å². The summed E-state index contributed by atoms with van der Waals surface area (Å²) in [4.78, 5) is 16.9. The van der Waals surface area contributed by atoms with E-state index in [-0.39, 0.29) is 18.3 Å². The fourth-order valence-electron chi connectivity index (χ4n) is 3.99. The van der Waals surface area contributed by atoms with E-state index in [0.717, 1.165) is 28.8 Å². The van der Waals surface area contributed by atoms with E-state index < -0.39 is 0 Å². The number of anilines is 1. The van der Waals surface area contributed by atoms with Crippen LogP contribution in [-0.2, 0) is 4.79 Å². The minimum atomic E-state index is 0. The quantitative estimate of drug-likeness (QED) is 0.822. The van der Waals surface area contributed by atoms with Gasteiger partial charge in [0.25, 0.3) is 0 Å². The molecular formula is C18H24ClN3O2S. The zero-order valence-electron chi connectivity index (χ0n) is 14.3. The van der Waals surface area contributed by atoms with Gasteiger partial charge in [0, 0.05) is 18.5 Å². The third-order valence-electron chi connectivity index (χ3n) is 4.96. The first-order chi connectivity index (χ1) is 11.7. The van der Waals surface area contributed by atoms with Crippen molar-refractivity contribution in [2.45, 2.75) is 51.1 Å². The zero-order chi connectivity index (χ0) is 16.5. The average Bonchev–Trinajstić information content (AvgIpc) is 3.09. The van der Waals surface area contributed by atoms with Crippen molar-refractivity contribution in [1.29, 1.82) is 0 Å². The van der Waals surface area contributed by atoms with Crippen LogP contribution in [0.3, 0.4) is 0 Å². The fraction of sp³-hybridized carbons (Fsp3) is 0.556. The summed E-state index contributed by atoms with van der Waals surface area (Å²) in [5.41, 5.74) is 0.902. The van der Waals surface area contributed by atoms with Gasteiger partial charge in [0.05, 0.1) is 16.8 Å². The molecule has 136 valence electrons. The Kier molecular flexibility index (Phi) is 5.81. The number of hydrogen-bond donors (Lipinski definition) is 2. The molecule has 0 aliphatic carbocycles. The highest BCUT2D eigenvalue weighted by atomic mass is 35.5. The monoisotopic (exact) mass is 381 g/mol. The van der Waals surface area contributed by atoms with E-state index in [2.05, 4.69) is 15.6 Å². The average molecular weight is 382 g/mol. The van der Waals surface area contributed by atoms with Crippen LogP contribution in [-0.4, -0.2) is 29.6 Å². The van der Waals surface area contributed by atoms with Crippen molar-refractivity contribution in [2.24, 2.45) is 5.92 Å². The summed E-state index contributed by atoms with van der Waals surface area (Å²) in [6, 6.07) is 7.09. The van der Waals surface area contributed by atoms with E-state index in [1.807, 2.05) is 25.1 Å². The smallest absolute Gasteiger partial charge is 0.226 e. The molecule has 2 aromatic rings. The highest BCUT2D eigenvalue weighted by Gasteiger charge is 2.34. The molecule has 1 aromatic heterocycles. The van der Waals surface area contributed by atoms with Gasteiger partial charge in [-0.1, -0.05) is 11.3 Å². The maximum Gasteiger partial charge on any atom is 0.226 e. The van der Waals surface area contributed by atoms with Crippen LogP contribution >= 0.6 is 23.7 Å². The number of halogens is 1. The molecule has 0 spiro atoms. The van der Waals surface area contributed by atoms with E-state index in [9.17, 15) is 4.79 Å². The van der Waals surface area contributed by atoms with Crippen LogP contribution in [0.25, 0.3) is 10.2 Å². The number of benzene rings is 1. The minimum absolute atomic E-state index is 0. The molecule has 2 fully saturated rings. The second-order valence-electron chi connectivity index (χ2n) is 6.81. The van der Waals surface area contributed by atoms with E-state index in [0.29, 0.717) is 36.2 Å². The number of piperidine rings is 1. The van der Waals surface area contributed by atoms with Crippen LogP contribution in [0.15, 0.2) is 18.2 Å². The predicted molar refractivity (Wildman–Crippen MR) is 104 cm³/mol. The predicted octanol–water partition coefficient (Wildman–Crippen LogP) is 3.98. The number of nitrogens with zero attached hydrogens (tertiary/aromatic N) is 1. The number of amides is 1. The number of carbonyl (C=O) groups is 1. The van der Waals surface area contributed by atoms with Crippen molar-refractivity contribution in [3.63, 3.8) is 0 Å². The Bertz CT molecular complexity index is 739. The molecule has 3 heterocycles. The molecule has 2 bridgehead atoms. The summed E-state index contributed by atoms with van der Waals surface area (Å²) in [6.07, 6.45) is 5.39. The highest BCUT2D eigenvalue weighted by molar-refractivity contribution is 7.22. The molecule has 2 unspecified atom stereocenters. The number of fused-ring (bicyclic) bond motifs is 3. The molecule has 0 radical (unpaired) electrons. The molecule has 25 heavy (non-hydrogen) atoms. The molecule has 1 aromatic carbocycles. The van der Waals surface area contributed by atoms with Crippen LogP contribution in [0.2, 0.25) is 0 Å². The van der Waals surface area contributed by atoms with Crippen molar-refractivity contribution in [2.75, 3.05) is 11.9 Å². The molecule has 4 rings (SSSR count). The third kappa shape index (κ3) is 4.25. The summed E-state index contributed by atoms with van der Waals surface area (Å²) in [5, 5.41) is 7.29. The molecular weight excluding hydrogens is 358 g/mol. The van der Waals surface area contributed by atoms with Gasteiger partial charge in [0.1, 0.15) is 5.75 Å². The lowest BCUT2D eigenvalue weighted by atomic mass is 9.89. The SMILES string of the molecule is CCOc1ccc2nc(NC(=O)CC3CC4CCC(C3)N4)sc2c1.Cl. The topological polar surface area (TPSA) is 63.2 Å². The minimum Gasteiger partial charge on any atom is -0.494 e. The van der Waals surface area contributed by atoms with Crippen LogP contribution in [0.4, 0.5) is 5.13 Å². The molecule has 2 saturated heterocycles. The number of thiazole rings is 1. The Balaban J connectivity index is 0.00000182. The zero-order valence-corrected chi connectivity index (χ0v) is 15.9. The number of aromatic nitrogens is 1. The van der Waals surface area contributed by atoms with Gasteiger partial charge in [-0.2, -0.15) is 0 Å². The summed E-state index contributed by atoms with van der Waals surface area (Å²) in [6.45, 7) is 2.61. The summed E-state index contributed by atoms with van der Waals surface area (Å²) in [5.74, 6) is 1.43. The number of nitrogens with one attached hydrogen (secondary N) is 2. The summed E-state index contributed by atoms with van der Waals surface area (Å²) in [7, 11) is 0. The number of hydrogen-bond acceptors (Lipinski definition) is 5. The molecule has 1 amide bonds. The van der Waals surface area contributed by atoms with Gasteiger partial charge in [0.2, 0.25) is 5.91 Å². The van der Waals surface area contributed by atoms with Crippen molar-refractivity contribution < 1.29 is 9.53 Å². The lowest BCUT2D eigenvalue weighted by Crippen LogP contribution is -2.39. The molecule has 2 aliphatic heterocycles. The number of rotatable bonds is 5.